The second-order valence-electron chi connectivity index (χ2n) is 11.2. The van der Waals surface area contributed by atoms with Crippen molar-refractivity contribution >= 4 is 16.9 Å². The highest BCUT2D eigenvalue weighted by molar-refractivity contribution is 5.94. The predicted molar refractivity (Wildman–Crippen MR) is 170 cm³/mol. The van der Waals surface area contributed by atoms with Gasteiger partial charge in [0.05, 0.1) is 25.3 Å². The van der Waals surface area contributed by atoms with Gasteiger partial charge in [-0.15, -0.1) is 0 Å². The molecule has 1 heterocycles. The van der Waals surface area contributed by atoms with Crippen molar-refractivity contribution in [2.75, 3.05) is 20.8 Å². The van der Waals surface area contributed by atoms with Crippen LogP contribution in [0.15, 0.2) is 42.5 Å². The summed E-state index contributed by atoms with van der Waals surface area (Å²) in [5, 5.41) is 3.04. The second-order valence-corrected chi connectivity index (χ2v) is 11.2. The number of para-hydroxylation sites is 2. The number of aryl methyl sites for hydroxylation is 2. The van der Waals surface area contributed by atoms with E-state index < -0.39 is 0 Å². The van der Waals surface area contributed by atoms with E-state index >= 15 is 0 Å². The van der Waals surface area contributed by atoms with Crippen LogP contribution in [-0.2, 0) is 13.0 Å². The first kappa shape index (κ1) is 32.5. The first-order chi connectivity index (χ1) is 20.2. The fourth-order valence-corrected chi connectivity index (χ4v) is 5.56. The third-order valence-electron chi connectivity index (χ3n) is 7.98. The van der Waals surface area contributed by atoms with Crippen molar-refractivity contribution in [3.05, 3.63) is 53.9 Å². The predicted octanol–water partition coefficient (Wildman–Crippen LogP) is 8.90. The van der Waals surface area contributed by atoms with Crippen molar-refractivity contribution in [1.82, 2.24) is 14.9 Å². The largest absolute Gasteiger partial charge is 0.493 e. The van der Waals surface area contributed by atoms with Gasteiger partial charge in [0.1, 0.15) is 5.82 Å². The minimum absolute atomic E-state index is 0.109. The van der Waals surface area contributed by atoms with Gasteiger partial charge in [-0.05, 0) is 43.2 Å². The zero-order valence-corrected chi connectivity index (χ0v) is 25.9. The molecule has 0 spiro atoms. The topological polar surface area (TPSA) is 65.4 Å². The molecule has 0 atom stereocenters. The molecule has 6 heteroatoms. The molecule has 41 heavy (non-hydrogen) atoms. The Hall–Kier alpha value is -3.02. The number of amides is 1. The molecule has 3 aromatic rings. The van der Waals surface area contributed by atoms with Gasteiger partial charge in [0.15, 0.2) is 11.5 Å². The number of ether oxygens (including phenoxy) is 2. The number of fused-ring (bicyclic) bond motifs is 1. The fourth-order valence-electron chi connectivity index (χ4n) is 5.56. The molecule has 2 aromatic carbocycles. The Morgan fingerprint density at radius 3 is 2.00 bits per heavy atom. The second kappa shape index (κ2) is 19.2. The van der Waals surface area contributed by atoms with Gasteiger partial charge in [0.2, 0.25) is 0 Å². The highest BCUT2D eigenvalue weighted by Crippen LogP contribution is 2.27. The maximum atomic E-state index is 12.7. The molecule has 3 rings (SSSR count). The summed E-state index contributed by atoms with van der Waals surface area (Å²) in [5.74, 6) is 2.17. The van der Waals surface area contributed by atoms with Crippen LogP contribution in [0.5, 0.6) is 11.5 Å². The third kappa shape index (κ3) is 11.1. The molecular formula is C35H53N3O3. The van der Waals surface area contributed by atoms with Gasteiger partial charge in [-0.3, -0.25) is 4.79 Å². The van der Waals surface area contributed by atoms with Crippen LogP contribution in [0.1, 0.15) is 119 Å². The Kier molecular flexibility index (Phi) is 15.2. The molecule has 0 aliphatic carbocycles. The monoisotopic (exact) mass is 563 g/mol. The van der Waals surface area contributed by atoms with Crippen LogP contribution in [0.3, 0.4) is 0 Å². The summed E-state index contributed by atoms with van der Waals surface area (Å²) >= 11 is 0. The molecule has 0 unspecified atom stereocenters. The van der Waals surface area contributed by atoms with Crippen LogP contribution < -0.4 is 14.8 Å². The van der Waals surface area contributed by atoms with Crippen LogP contribution in [0.2, 0.25) is 0 Å². The standard InChI is InChI=1S/C35H53N3O3/c1-4-5-6-7-8-9-10-11-12-13-14-15-16-19-27-38-31-22-18-17-21-30(31)37-34(38)23-20-26-36-35(39)29-24-25-32(40-2)33(28-29)41-3/h17-18,21-22,24-25,28H,4-16,19-20,23,26-27H2,1-3H3,(H,36,39). The summed E-state index contributed by atoms with van der Waals surface area (Å²) in [4.78, 5) is 17.6. The van der Waals surface area contributed by atoms with Crippen molar-refractivity contribution in [3.8, 4) is 11.5 Å². The summed E-state index contributed by atoms with van der Waals surface area (Å²) < 4.78 is 13.0. The minimum Gasteiger partial charge on any atom is -0.493 e. The van der Waals surface area contributed by atoms with E-state index in [2.05, 4.69) is 41.1 Å². The fraction of sp³-hybridized carbons (Fsp3) is 0.600. The van der Waals surface area contributed by atoms with Crippen molar-refractivity contribution < 1.29 is 14.3 Å². The number of methoxy groups -OCH3 is 2. The number of benzene rings is 2. The van der Waals surface area contributed by atoms with Gasteiger partial charge < -0.3 is 19.4 Å². The van der Waals surface area contributed by atoms with Crippen molar-refractivity contribution in [1.29, 1.82) is 0 Å². The van der Waals surface area contributed by atoms with E-state index in [1.54, 1.807) is 32.4 Å². The number of nitrogens with one attached hydrogen (secondary N) is 1. The van der Waals surface area contributed by atoms with Crippen molar-refractivity contribution in [2.24, 2.45) is 0 Å². The highest BCUT2D eigenvalue weighted by atomic mass is 16.5. The molecule has 0 bridgehead atoms. The quantitative estimate of drug-likeness (QED) is 0.124. The zero-order valence-electron chi connectivity index (χ0n) is 25.9. The lowest BCUT2D eigenvalue weighted by molar-refractivity contribution is 0.0952. The lowest BCUT2D eigenvalue weighted by Gasteiger charge is -2.11. The van der Waals surface area contributed by atoms with Gasteiger partial charge in [0.25, 0.3) is 5.91 Å². The van der Waals surface area contributed by atoms with Crippen LogP contribution in [0.25, 0.3) is 11.0 Å². The number of rotatable bonds is 22. The highest BCUT2D eigenvalue weighted by Gasteiger charge is 2.12. The molecule has 0 aliphatic heterocycles. The van der Waals surface area contributed by atoms with E-state index in [-0.39, 0.29) is 5.91 Å². The minimum atomic E-state index is -0.109. The van der Waals surface area contributed by atoms with E-state index in [0.29, 0.717) is 23.6 Å². The number of nitrogens with zero attached hydrogens (tertiary/aromatic N) is 2. The molecule has 0 saturated heterocycles. The summed E-state index contributed by atoms with van der Waals surface area (Å²) in [7, 11) is 3.16. The lowest BCUT2D eigenvalue weighted by Crippen LogP contribution is -2.25. The molecule has 6 nitrogen and oxygen atoms in total. The van der Waals surface area contributed by atoms with Crippen LogP contribution in [0, 0.1) is 0 Å². The SMILES string of the molecule is CCCCCCCCCCCCCCCCn1c(CCCNC(=O)c2ccc(OC)c(OC)c2)nc2ccccc21. The van der Waals surface area contributed by atoms with Crippen LogP contribution >= 0.6 is 0 Å². The maximum absolute atomic E-state index is 12.7. The average molecular weight is 564 g/mol. The molecule has 0 fully saturated rings. The lowest BCUT2D eigenvalue weighted by atomic mass is 10.0. The average Bonchev–Trinajstić information content (AvgIpc) is 3.36. The van der Waals surface area contributed by atoms with E-state index in [0.717, 1.165) is 30.7 Å². The van der Waals surface area contributed by atoms with Crippen LogP contribution in [-0.4, -0.2) is 36.2 Å². The number of unbranched alkanes of at least 4 members (excludes halogenated alkanes) is 13. The van der Waals surface area contributed by atoms with E-state index in [1.165, 1.54) is 95.4 Å². The molecule has 0 radical (unpaired) electrons. The Balaban J connectivity index is 1.35. The molecule has 1 N–H and O–H groups in total. The Morgan fingerprint density at radius 1 is 0.756 bits per heavy atom. The van der Waals surface area contributed by atoms with Gasteiger partial charge in [-0.25, -0.2) is 4.98 Å². The molecule has 1 aromatic heterocycles. The molecule has 0 aliphatic rings. The Morgan fingerprint density at radius 2 is 1.37 bits per heavy atom. The van der Waals surface area contributed by atoms with E-state index in [4.69, 9.17) is 14.5 Å². The first-order valence-electron chi connectivity index (χ1n) is 16.1. The Bertz CT molecular complexity index is 1160. The summed E-state index contributed by atoms with van der Waals surface area (Å²) in [6.45, 7) is 3.88. The number of aromatic nitrogens is 2. The van der Waals surface area contributed by atoms with Gasteiger partial charge in [-0.1, -0.05) is 103 Å². The van der Waals surface area contributed by atoms with Gasteiger partial charge in [0, 0.05) is 25.1 Å². The number of carbonyl (C=O) groups excluding carboxylic acids is 1. The normalized spacial score (nSPS) is 11.2. The number of hydrogen-bond acceptors (Lipinski definition) is 4. The van der Waals surface area contributed by atoms with E-state index in [1.807, 2.05) is 0 Å². The molecular weight excluding hydrogens is 510 g/mol. The summed E-state index contributed by atoms with van der Waals surface area (Å²) in [6, 6.07) is 13.6. The first-order valence-corrected chi connectivity index (χ1v) is 16.1. The van der Waals surface area contributed by atoms with Gasteiger partial charge >= 0.3 is 0 Å². The van der Waals surface area contributed by atoms with Crippen LogP contribution in [0.4, 0.5) is 0 Å². The van der Waals surface area contributed by atoms with E-state index in [9.17, 15) is 4.79 Å². The molecule has 226 valence electrons. The Labute approximate surface area is 248 Å². The number of imidazole rings is 1. The summed E-state index contributed by atoms with van der Waals surface area (Å²) in [5.41, 5.74) is 2.83. The smallest absolute Gasteiger partial charge is 0.251 e. The summed E-state index contributed by atoms with van der Waals surface area (Å²) in [6.07, 6.45) is 20.8. The maximum Gasteiger partial charge on any atom is 0.251 e. The van der Waals surface area contributed by atoms with Crippen molar-refractivity contribution in [3.63, 3.8) is 0 Å². The number of hydrogen-bond donors (Lipinski definition) is 1. The number of carbonyl (C=O) groups is 1. The van der Waals surface area contributed by atoms with Crippen molar-refractivity contribution in [2.45, 2.75) is 116 Å². The third-order valence-corrected chi connectivity index (χ3v) is 7.98. The molecule has 1 amide bonds. The molecule has 0 saturated carbocycles. The zero-order chi connectivity index (χ0) is 29.1. The van der Waals surface area contributed by atoms with Gasteiger partial charge in [-0.2, -0.15) is 0 Å².